The van der Waals surface area contributed by atoms with Crippen molar-refractivity contribution in [2.24, 2.45) is 0 Å². The second kappa shape index (κ2) is 42.3. The minimum atomic E-state index is -3.40. The first-order chi connectivity index (χ1) is 65.3. The molecule has 17 rings (SSSR count). The number of nitriles is 5. The number of nitrogens with zero attached hydrogens (tertiary/aromatic N) is 10. The number of rotatable bonds is 27. The molecule has 5 heterocycles. The van der Waals surface area contributed by atoms with E-state index in [0.717, 1.165) is 173 Å². The molecule has 2 fully saturated rings. The summed E-state index contributed by atoms with van der Waals surface area (Å²) >= 11 is 0. The zero-order valence-electron chi connectivity index (χ0n) is 77.1. The van der Waals surface area contributed by atoms with Crippen LogP contribution >= 0.6 is 0 Å². The number of sulfonamides is 4. The molecule has 30 nitrogen and oxygen atoms in total. The summed E-state index contributed by atoms with van der Waals surface area (Å²) in [5, 5.41) is 61.3. The van der Waals surface area contributed by atoms with E-state index in [1.807, 2.05) is 157 Å². The van der Waals surface area contributed by atoms with Crippen LogP contribution < -0.4 is 48.1 Å². The number of carbonyl (C=O) groups excluding carboxylic acids is 1. The number of hydroxylamine groups is 1. The average Bonchev–Trinajstić information content (AvgIpc) is 1.62. The molecule has 0 spiro atoms. The minimum Gasteiger partial charge on any atom is -0.497 e. The number of nitrogens with one attached hydrogen (secondary N) is 5. The third-order valence-corrected chi connectivity index (χ3v) is 28.8. The largest absolute Gasteiger partial charge is 0.497 e. The van der Waals surface area contributed by atoms with Gasteiger partial charge in [-0.15, -0.1) is 0 Å². The van der Waals surface area contributed by atoms with E-state index in [0.29, 0.717) is 80.3 Å². The topological polar surface area (TPSA) is 424 Å². The normalized spacial score (nSPS) is 12.5. The Bertz CT molecular complexity index is 7720. The monoisotopic (exact) mass is 1910 g/mol. The fraction of sp³-hybridized carbons (Fsp3) is 0.255. The highest BCUT2D eigenvalue weighted by Crippen LogP contribution is 2.47. The molecule has 0 atom stereocenters. The molecule has 0 aliphatic heterocycles. The molecule has 2 aliphatic carbocycles. The number of carbonyl (C=O) groups is 1. The van der Waals surface area contributed by atoms with Crippen LogP contribution in [0.1, 0.15) is 137 Å². The summed E-state index contributed by atoms with van der Waals surface area (Å²) in [7, 11) is -5.29. The molecule has 0 radical (unpaired) electrons. The molecule has 2 aliphatic rings. The minimum absolute atomic E-state index is 0.0138. The summed E-state index contributed by atoms with van der Waals surface area (Å²) in [5.74, 6) is 3.14. The van der Waals surface area contributed by atoms with Crippen molar-refractivity contribution in [1.82, 2.24) is 28.3 Å². The lowest BCUT2D eigenvalue weighted by molar-refractivity contribution is 0.0706. The molecule has 136 heavy (non-hydrogen) atoms. The van der Waals surface area contributed by atoms with Gasteiger partial charge in [0.1, 0.15) is 59.1 Å². The maximum Gasteiger partial charge on any atom is 0.274 e. The van der Waals surface area contributed by atoms with E-state index in [-0.39, 0.29) is 11.5 Å². The predicted molar refractivity (Wildman–Crippen MR) is 532 cm³/mol. The van der Waals surface area contributed by atoms with Gasteiger partial charge in [-0.25, -0.2) is 39.2 Å². The van der Waals surface area contributed by atoms with Gasteiger partial charge in [-0.3, -0.25) is 28.9 Å². The van der Waals surface area contributed by atoms with Crippen molar-refractivity contribution in [3.05, 3.63) is 252 Å². The van der Waals surface area contributed by atoms with E-state index < -0.39 is 51.3 Å². The number of aryl methyl sites for hydroxylation is 2. The fourth-order valence-corrected chi connectivity index (χ4v) is 19.0. The number of ether oxygens (including phenoxy) is 5. The first kappa shape index (κ1) is 98.3. The van der Waals surface area contributed by atoms with Gasteiger partial charge in [0.05, 0.1) is 137 Å². The highest BCUT2D eigenvalue weighted by molar-refractivity contribution is 7.93. The van der Waals surface area contributed by atoms with Gasteiger partial charge < -0.3 is 46.5 Å². The van der Waals surface area contributed by atoms with Crippen LogP contribution in [0.4, 0.5) is 22.7 Å². The van der Waals surface area contributed by atoms with Crippen LogP contribution in [0.15, 0.2) is 219 Å². The van der Waals surface area contributed by atoms with Crippen LogP contribution in [0.5, 0.6) is 28.7 Å². The van der Waals surface area contributed by atoms with Crippen LogP contribution in [-0.2, 0) is 53.2 Å². The zero-order chi connectivity index (χ0) is 97.7. The highest BCUT2D eigenvalue weighted by atomic mass is 32.2. The van der Waals surface area contributed by atoms with Crippen LogP contribution in [0.2, 0.25) is 0 Å². The van der Waals surface area contributed by atoms with Gasteiger partial charge in [0.15, 0.2) is 0 Å². The molecule has 15 aromatic rings. The van der Waals surface area contributed by atoms with Gasteiger partial charge in [0, 0.05) is 117 Å². The summed E-state index contributed by atoms with van der Waals surface area (Å²) < 4.78 is 142. The Hall–Kier alpha value is -15.2. The summed E-state index contributed by atoms with van der Waals surface area (Å²) in [4.78, 5) is 11.6. The van der Waals surface area contributed by atoms with Crippen molar-refractivity contribution in [2.75, 3.05) is 72.2 Å². The molecule has 0 saturated heterocycles. The van der Waals surface area contributed by atoms with Crippen molar-refractivity contribution >= 4 is 123 Å². The first-order valence-corrected chi connectivity index (χ1v) is 50.6. The molecule has 0 bridgehead atoms. The Balaban J connectivity index is 0.000000144. The maximum absolute atomic E-state index is 12.1. The van der Waals surface area contributed by atoms with Gasteiger partial charge in [0.2, 0.25) is 40.1 Å². The number of anilines is 4. The lowest BCUT2D eigenvalue weighted by Gasteiger charge is -2.30. The van der Waals surface area contributed by atoms with Gasteiger partial charge >= 0.3 is 0 Å². The molecule has 5 aromatic heterocycles. The van der Waals surface area contributed by atoms with Gasteiger partial charge in [0.25, 0.3) is 5.91 Å². The molecular formula is C102H103N15O15S4. The third-order valence-electron chi connectivity index (χ3n) is 23.8. The molecule has 6 N–H and O–H groups in total. The third kappa shape index (κ3) is 21.2. The van der Waals surface area contributed by atoms with Crippen molar-refractivity contribution in [3.63, 3.8) is 0 Å². The van der Waals surface area contributed by atoms with Gasteiger partial charge in [-0.2, -0.15) is 26.3 Å². The summed E-state index contributed by atoms with van der Waals surface area (Å²) in [6.07, 6.45) is 10.4. The smallest absolute Gasteiger partial charge is 0.274 e. The highest BCUT2D eigenvalue weighted by Gasteiger charge is 2.32. The lowest BCUT2D eigenvalue weighted by atomic mass is 9.92. The number of aromatic nitrogens is 5. The number of fused-ring (bicyclic) bond motifs is 5. The Morgan fingerprint density at radius 1 is 0.412 bits per heavy atom. The predicted octanol–water partition coefficient (Wildman–Crippen LogP) is 20.3. The van der Waals surface area contributed by atoms with Crippen LogP contribution in [0.3, 0.4) is 0 Å². The Morgan fingerprint density at radius 2 is 0.757 bits per heavy atom. The van der Waals surface area contributed by atoms with Crippen molar-refractivity contribution in [2.45, 2.75) is 117 Å². The number of hydrogen-bond donors (Lipinski definition) is 6. The van der Waals surface area contributed by atoms with Crippen molar-refractivity contribution < 1.29 is 67.4 Å². The van der Waals surface area contributed by atoms with Crippen LogP contribution in [-0.4, -0.2) is 126 Å². The summed E-state index contributed by atoms with van der Waals surface area (Å²) in [6, 6.07) is 76.1. The molecule has 0 unspecified atom stereocenters. The van der Waals surface area contributed by atoms with E-state index in [9.17, 15) is 64.8 Å². The summed E-state index contributed by atoms with van der Waals surface area (Å²) in [5.41, 5.74) is 19.2. The molecule has 1 amide bonds. The van der Waals surface area contributed by atoms with E-state index >= 15 is 0 Å². The number of amides is 1. The molecule has 2 saturated carbocycles. The summed E-state index contributed by atoms with van der Waals surface area (Å²) in [6.45, 7) is 12.0. The molecule has 700 valence electrons. The maximum atomic E-state index is 12.1. The van der Waals surface area contributed by atoms with Crippen molar-refractivity contribution in [1.29, 1.82) is 26.3 Å². The Morgan fingerprint density at radius 3 is 1.10 bits per heavy atom. The molecular weight excluding hydrogens is 1800 g/mol. The lowest BCUT2D eigenvalue weighted by Crippen LogP contribution is -2.22. The second-order valence-corrected chi connectivity index (χ2v) is 40.5. The Kier molecular flexibility index (Phi) is 30.6. The van der Waals surface area contributed by atoms with E-state index in [1.54, 1.807) is 142 Å². The quantitative estimate of drug-likeness (QED) is 0.0206. The number of benzene rings is 10. The van der Waals surface area contributed by atoms with Gasteiger partial charge in [-0.1, -0.05) is 61.5 Å². The van der Waals surface area contributed by atoms with Crippen LogP contribution in [0.25, 0.3) is 105 Å². The van der Waals surface area contributed by atoms with E-state index in [4.69, 9.17) is 28.9 Å². The van der Waals surface area contributed by atoms with Crippen LogP contribution in [0, 0.1) is 56.7 Å². The molecule has 10 aromatic carbocycles. The SMILES string of the molecule is CCCn1c(-c2ccc(NS(=O)(=O)CC)cc2)c(C#N)c2ccc(OC)cc21.CCS(=O)(=O)Nc1ccc(-c2c(C#N)c3ccc(OC)cc3n2C2CCC2)cc1.CCn1c(-c2ccc(NS(=O)(=O)C(C)C)cc2)c(C#N)c2ccc(OC)cc21.COc1ccc(-n2cc(C#N)c3ccc(C(=O)NO)cc32)cc1.COc1ccc2c(C#N)c(-c3ccc(NS(C)(=O)=O)cc3)n(C3CCC3)c2c1. The standard InChI is InChI=1S/C22H23N3O3S.C21H21N3O3S.2C21H23N3O3S.C17H13N3O3/c1-3-29(26,27)24-16-9-7-15(8-10-16)22-20(14-23)19-12-11-18(28-2)13-21(19)25(22)17-5-4-6-17;1-27-17-10-11-18-19(13-22)21(24(20(18)12-17)16-4-3-5-16)14-6-8-15(9-7-14)23-28(2,25)26;1-5-24-20-12-17(27-4)10-11-18(20)19(13-22)21(24)15-6-8-16(9-7-15)23-28(25,26)14(2)3;1-4-12-24-20-13-17(27-3)10-11-18(20)19(14-22)21(24)15-6-8-16(9-7-15)23-28(25,26)5-2;1-23-14-5-3-13(4-6-14)20-10-12(9-18)15-7-2-11(8-16(15)20)17(21)19-22/h7-13,17,24H,3-6H2,1-2H3;6-12,16,23H,3-5H2,1-2H3;6-12,14,23H,5H2,1-4H3;6-11,13,23H,4-5,12H2,1-3H3;2-8,10,22H,1H3,(H,19,21). The Labute approximate surface area is 790 Å². The molecule has 34 heteroatoms. The van der Waals surface area contributed by atoms with Crippen molar-refractivity contribution in [3.8, 4) is 110 Å². The fourth-order valence-electron chi connectivity index (χ4n) is 16.5. The average molecular weight is 1910 g/mol. The van der Waals surface area contributed by atoms with E-state index in [1.165, 1.54) is 12.8 Å². The number of methoxy groups -OCH3 is 5. The number of hydrogen-bond acceptors (Lipinski definition) is 20. The second-order valence-electron chi connectivity index (χ2n) is 32.5. The first-order valence-electron chi connectivity index (χ1n) is 43.8. The zero-order valence-corrected chi connectivity index (χ0v) is 80.3. The van der Waals surface area contributed by atoms with Gasteiger partial charge in [-0.05, 0) is 235 Å². The van der Waals surface area contributed by atoms with E-state index in [2.05, 4.69) is 74.4 Å².